The van der Waals surface area contributed by atoms with Crippen LogP contribution in [0.4, 0.5) is 13.2 Å². The van der Waals surface area contributed by atoms with Gasteiger partial charge in [-0.1, -0.05) is 6.07 Å². The van der Waals surface area contributed by atoms with Crippen molar-refractivity contribution in [1.82, 2.24) is 10.3 Å². The molecule has 1 atom stereocenters. The lowest BCUT2D eigenvalue weighted by Crippen LogP contribution is -2.32. The summed E-state index contributed by atoms with van der Waals surface area (Å²) in [5.74, 6) is -0.169. The van der Waals surface area contributed by atoms with Gasteiger partial charge in [0, 0.05) is 19.2 Å². The highest BCUT2D eigenvalue weighted by Gasteiger charge is 2.31. The molecule has 1 unspecified atom stereocenters. The fourth-order valence-electron chi connectivity index (χ4n) is 1.46. The van der Waals surface area contributed by atoms with Crippen LogP contribution < -0.4 is 5.32 Å². The van der Waals surface area contributed by atoms with Gasteiger partial charge in [0.05, 0.1) is 0 Å². The second-order valence-corrected chi connectivity index (χ2v) is 3.86. The van der Waals surface area contributed by atoms with Gasteiger partial charge in [-0.05, 0) is 25.0 Å². The van der Waals surface area contributed by atoms with E-state index in [1.807, 2.05) is 0 Å². The first-order valence-electron chi connectivity index (χ1n) is 5.08. The van der Waals surface area contributed by atoms with Crippen LogP contribution in [-0.2, 0) is 17.4 Å². The van der Waals surface area contributed by atoms with Crippen molar-refractivity contribution in [2.75, 3.05) is 0 Å². The molecule has 1 rings (SSSR count). The van der Waals surface area contributed by atoms with Crippen molar-refractivity contribution in [2.45, 2.75) is 32.5 Å². The fourth-order valence-corrected chi connectivity index (χ4v) is 1.46. The molecule has 0 radical (unpaired) electrons. The van der Waals surface area contributed by atoms with Crippen LogP contribution in [0.2, 0.25) is 0 Å². The summed E-state index contributed by atoms with van der Waals surface area (Å²) < 4.78 is 36.7. The predicted octanol–water partition coefficient (Wildman–Crippen LogP) is 2.17. The number of nitrogens with zero attached hydrogens (tertiary/aromatic N) is 1. The van der Waals surface area contributed by atoms with Gasteiger partial charge in [0.25, 0.3) is 0 Å². The van der Waals surface area contributed by atoms with Gasteiger partial charge in [0.1, 0.15) is 5.69 Å². The van der Waals surface area contributed by atoms with Crippen molar-refractivity contribution in [3.8, 4) is 0 Å². The van der Waals surface area contributed by atoms with Crippen LogP contribution in [0.25, 0.3) is 0 Å². The van der Waals surface area contributed by atoms with Crippen molar-refractivity contribution in [1.29, 1.82) is 0 Å². The van der Waals surface area contributed by atoms with Crippen LogP contribution in [0.1, 0.15) is 25.1 Å². The topological polar surface area (TPSA) is 42.0 Å². The maximum Gasteiger partial charge on any atom is 0.433 e. The van der Waals surface area contributed by atoms with E-state index in [1.165, 1.54) is 19.2 Å². The second-order valence-electron chi connectivity index (χ2n) is 3.86. The third-order valence-corrected chi connectivity index (χ3v) is 2.11. The van der Waals surface area contributed by atoms with Crippen molar-refractivity contribution < 1.29 is 18.0 Å². The molecule has 0 bridgehead atoms. The molecule has 1 heterocycles. The quantitative estimate of drug-likeness (QED) is 0.888. The number of pyridine rings is 1. The molecular formula is C11H13F3N2O. The number of halogens is 3. The number of nitrogens with one attached hydrogen (secondary N) is 1. The third-order valence-electron chi connectivity index (χ3n) is 2.11. The molecule has 17 heavy (non-hydrogen) atoms. The number of hydrogen-bond donors (Lipinski definition) is 1. The Hall–Kier alpha value is -1.59. The van der Waals surface area contributed by atoms with E-state index in [-0.39, 0.29) is 11.9 Å². The monoisotopic (exact) mass is 246 g/mol. The molecule has 0 aromatic carbocycles. The molecule has 1 N–H and O–H groups in total. The molecule has 1 aromatic rings. The van der Waals surface area contributed by atoms with E-state index in [4.69, 9.17) is 0 Å². The van der Waals surface area contributed by atoms with Crippen LogP contribution >= 0.6 is 0 Å². The van der Waals surface area contributed by atoms with E-state index in [1.54, 1.807) is 6.92 Å². The standard InChI is InChI=1S/C11H13F3N2O/c1-7(16-8(2)17)5-9-3-4-10(15-6-9)11(12,13)14/h3-4,6-7H,5H2,1-2H3,(H,16,17). The lowest BCUT2D eigenvalue weighted by atomic mass is 10.1. The van der Waals surface area contributed by atoms with E-state index in [0.717, 1.165) is 6.07 Å². The maximum atomic E-state index is 12.2. The average molecular weight is 246 g/mol. The van der Waals surface area contributed by atoms with Gasteiger partial charge in [0.2, 0.25) is 5.91 Å². The zero-order chi connectivity index (χ0) is 13.1. The van der Waals surface area contributed by atoms with Crippen molar-refractivity contribution in [3.05, 3.63) is 29.6 Å². The Bertz CT molecular complexity index is 387. The van der Waals surface area contributed by atoms with Crippen LogP contribution in [-0.4, -0.2) is 16.9 Å². The van der Waals surface area contributed by atoms with E-state index >= 15 is 0 Å². The molecule has 0 aliphatic heterocycles. The minimum atomic E-state index is -4.41. The average Bonchev–Trinajstić information content (AvgIpc) is 2.15. The summed E-state index contributed by atoms with van der Waals surface area (Å²) in [6, 6.07) is 2.18. The van der Waals surface area contributed by atoms with Gasteiger partial charge in [-0.3, -0.25) is 9.78 Å². The number of aromatic nitrogens is 1. The number of amides is 1. The summed E-state index contributed by atoms with van der Waals surface area (Å²) in [7, 11) is 0. The summed E-state index contributed by atoms with van der Waals surface area (Å²) in [4.78, 5) is 14.1. The molecule has 1 aromatic heterocycles. The van der Waals surface area contributed by atoms with Crippen molar-refractivity contribution >= 4 is 5.91 Å². The Morgan fingerprint density at radius 2 is 2.12 bits per heavy atom. The van der Waals surface area contributed by atoms with E-state index in [0.29, 0.717) is 12.0 Å². The number of alkyl halides is 3. The first-order chi connectivity index (χ1) is 7.79. The van der Waals surface area contributed by atoms with Gasteiger partial charge >= 0.3 is 6.18 Å². The Balaban J connectivity index is 2.66. The number of rotatable bonds is 3. The predicted molar refractivity (Wildman–Crippen MR) is 56.2 cm³/mol. The molecule has 94 valence electrons. The lowest BCUT2D eigenvalue weighted by molar-refractivity contribution is -0.141. The molecular weight excluding hydrogens is 233 g/mol. The van der Waals surface area contributed by atoms with Crippen LogP contribution in [0, 0.1) is 0 Å². The van der Waals surface area contributed by atoms with E-state index < -0.39 is 11.9 Å². The first kappa shape index (κ1) is 13.5. The zero-order valence-corrected chi connectivity index (χ0v) is 9.51. The van der Waals surface area contributed by atoms with E-state index in [2.05, 4.69) is 10.3 Å². The number of hydrogen-bond acceptors (Lipinski definition) is 2. The van der Waals surface area contributed by atoms with Crippen molar-refractivity contribution in [2.24, 2.45) is 0 Å². The first-order valence-corrected chi connectivity index (χ1v) is 5.08. The van der Waals surface area contributed by atoms with Gasteiger partial charge in [-0.15, -0.1) is 0 Å². The summed E-state index contributed by atoms with van der Waals surface area (Å²) in [5.41, 5.74) is -0.257. The summed E-state index contributed by atoms with van der Waals surface area (Å²) in [5, 5.41) is 2.65. The van der Waals surface area contributed by atoms with E-state index in [9.17, 15) is 18.0 Å². The SMILES string of the molecule is CC(=O)NC(C)Cc1ccc(C(F)(F)F)nc1. The Kier molecular flexibility index (Phi) is 4.09. The van der Waals surface area contributed by atoms with Crippen LogP contribution in [0.3, 0.4) is 0 Å². The molecule has 6 heteroatoms. The zero-order valence-electron chi connectivity index (χ0n) is 9.51. The minimum absolute atomic E-state index is 0.133. The molecule has 0 fully saturated rings. The van der Waals surface area contributed by atoms with Crippen LogP contribution in [0.15, 0.2) is 18.3 Å². The van der Waals surface area contributed by atoms with Gasteiger partial charge < -0.3 is 5.32 Å². The molecule has 0 saturated carbocycles. The molecule has 0 saturated heterocycles. The smallest absolute Gasteiger partial charge is 0.354 e. The minimum Gasteiger partial charge on any atom is -0.354 e. The second kappa shape index (κ2) is 5.16. The Labute approximate surface area is 97.0 Å². The maximum absolute atomic E-state index is 12.2. The highest BCUT2D eigenvalue weighted by Crippen LogP contribution is 2.27. The molecule has 3 nitrogen and oxygen atoms in total. The van der Waals surface area contributed by atoms with Gasteiger partial charge in [-0.25, -0.2) is 0 Å². The molecule has 1 amide bonds. The van der Waals surface area contributed by atoms with Crippen LogP contribution in [0.5, 0.6) is 0 Å². The largest absolute Gasteiger partial charge is 0.433 e. The number of carbonyl (C=O) groups excluding carboxylic acids is 1. The molecule has 0 aliphatic rings. The molecule has 0 aliphatic carbocycles. The Morgan fingerprint density at radius 1 is 1.47 bits per heavy atom. The highest BCUT2D eigenvalue weighted by molar-refractivity contribution is 5.73. The lowest BCUT2D eigenvalue weighted by Gasteiger charge is -2.12. The van der Waals surface area contributed by atoms with Gasteiger partial charge in [-0.2, -0.15) is 13.2 Å². The Morgan fingerprint density at radius 3 is 2.53 bits per heavy atom. The number of carbonyl (C=O) groups is 1. The van der Waals surface area contributed by atoms with Crippen molar-refractivity contribution in [3.63, 3.8) is 0 Å². The summed E-state index contributed by atoms with van der Waals surface area (Å²) in [6.07, 6.45) is -2.78. The third kappa shape index (κ3) is 4.42. The summed E-state index contributed by atoms with van der Waals surface area (Å²) >= 11 is 0. The van der Waals surface area contributed by atoms with Gasteiger partial charge in [0.15, 0.2) is 0 Å². The normalized spacial score (nSPS) is 13.2. The highest BCUT2D eigenvalue weighted by atomic mass is 19.4. The fraction of sp³-hybridized carbons (Fsp3) is 0.455. The molecule has 0 spiro atoms. The summed E-state index contributed by atoms with van der Waals surface area (Å²) in [6.45, 7) is 3.17.